The third-order valence-corrected chi connectivity index (χ3v) is 6.94. The van der Waals surface area contributed by atoms with Crippen molar-refractivity contribution >= 4 is 44.7 Å². The van der Waals surface area contributed by atoms with E-state index < -0.39 is 17.6 Å². The molecule has 0 radical (unpaired) electrons. The number of nitrogens with one attached hydrogen (secondary N) is 1. The number of rotatable bonds is 9. The van der Waals surface area contributed by atoms with Gasteiger partial charge in [0, 0.05) is 34.6 Å². The maximum absolute atomic E-state index is 13.8. The number of alkyl halides is 3. The van der Waals surface area contributed by atoms with E-state index in [0.29, 0.717) is 44.6 Å². The molecule has 1 aromatic heterocycles. The van der Waals surface area contributed by atoms with Gasteiger partial charge in [-0.25, -0.2) is 0 Å². The summed E-state index contributed by atoms with van der Waals surface area (Å²) in [6.45, 7) is 13.6. The van der Waals surface area contributed by atoms with E-state index in [1.165, 1.54) is 25.7 Å². The zero-order valence-corrected chi connectivity index (χ0v) is 27.1. The van der Waals surface area contributed by atoms with Gasteiger partial charge in [0.2, 0.25) is 0 Å². The molecule has 3 N–H and O–H groups in total. The molecule has 1 heterocycles. The van der Waals surface area contributed by atoms with Crippen LogP contribution in [0.3, 0.4) is 0 Å². The minimum atomic E-state index is -4.67. The number of carbonyl (C=O) groups is 2. The molecule has 5 rings (SSSR count). The van der Waals surface area contributed by atoms with Crippen LogP contribution in [0.2, 0.25) is 0 Å². The second-order valence-electron chi connectivity index (χ2n) is 10.4. The highest BCUT2D eigenvalue weighted by atomic mass is 19.4. The maximum atomic E-state index is 13.8. The molecule has 0 aliphatic heterocycles. The molecule has 0 atom stereocenters. The number of hydrogen-bond acceptors (Lipinski definition) is 6. The zero-order valence-electron chi connectivity index (χ0n) is 27.1. The summed E-state index contributed by atoms with van der Waals surface area (Å²) in [4.78, 5) is 29.3. The fourth-order valence-electron chi connectivity index (χ4n) is 4.81. The Morgan fingerprint density at radius 1 is 0.917 bits per heavy atom. The Kier molecular flexibility index (Phi) is 12.9. The monoisotopic (exact) mass is 657 g/mol. The highest BCUT2D eigenvalue weighted by Crippen LogP contribution is 2.38. The number of nitrogens with zero attached hydrogens (tertiary/aromatic N) is 1. The molecule has 250 valence electrons. The first-order chi connectivity index (χ1) is 23.0. The van der Waals surface area contributed by atoms with Crippen molar-refractivity contribution in [3.63, 3.8) is 0 Å². The Balaban J connectivity index is 0.00000118. The van der Waals surface area contributed by atoms with Gasteiger partial charge in [0.1, 0.15) is 17.2 Å². The van der Waals surface area contributed by atoms with Gasteiger partial charge >= 0.3 is 6.18 Å². The van der Waals surface area contributed by atoms with Gasteiger partial charge in [-0.15, -0.1) is 13.2 Å². The van der Waals surface area contributed by atoms with Crippen molar-refractivity contribution in [2.45, 2.75) is 39.3 Å². The summed E-state index contributed by atoms with van der Waals surface area (Å²) < 4.78 is 53.1. The van der Waals surface area contributed by atoms with Crippen LogP contribution >= 0.6 is 0 Å². The Labute approximate surface area is 277 Å². The van der Waals surface area contributed by atoms with E-state index in [-0.39, 0.29) is 35.4 Å². The number of carbonyl (C=O) groups excluding carboxylic acids is 2. The number of ether oxygens (including phenoxy) is 2. The first-order valence-corrected chi connectivity index (χ1v) is 15.1. The van der Waals surface area contributed by atoms with Crippen molar-refractivity contribution in [2.75, 3.05) is 18.2 Å². The van der Waals surface area contributed by atoms with E-state index in [9.17, 15) is 22.8 Å². The molecular weight excluding hydrogens is 619 g/mol. The summed E-state index contributed by atoms with van der Waals surface area (Å²) >= 11 is 0. The quantitative estimate of drug-likeness (QED) is 0.0929. The molecule has 5 aromatic rings. The number of ketones is 1. The lowest BCUT2D eigenvalue weighted by molar-refractivity contribution is -0.138. The third kappa shape index (κ3) is 8.79. The number of anilines is 2. The molecule has 0 saturated heterocycles. The van der Waals surface area contributed by atoms with Crippen LogP contribution in [0, 0.1) is 0 Å². The van der Waals surface area contributed by atoms with Crippen LogP contribution in [0.1, 0.15) is 48.2 Å². The fourth-order valence-corrected chi connectivity index (χ4v) is 4.81. The summed E-state index contributed by atoms with van der Waals surface area (Å²) in [5.74, 6) is 0.453. The van der Waals surface area contributed by atoms with Crippen LogP contribution in [-0.2, 0) is 17.4 Å². The molecule has 0 aliphatic carbocycles. The molecule has 0 saturated carbocycles. The number of fused-ring (bicyclic) bond motifs is 2. The minimum Gasteiger partial charge on any atom is -0.495 e. The van der Waals surface area contributed by atoms with E-state index in [1.807, 2.05) is 0 Å². The van der Waals surface area contributed by atoms with Crippen LogP contribution in [0.4, 0.5) is 24.5 Å². The number of benzene rings is 4. The van der Waals surface area contributed by atoms with Crippen LogP contribution in [0.25, 0.3) is 21.7 Å². The predicted octanol–water partition coefficient (Wildman–Crippen LogP) is 9.95. The maximum Gasteiger partial charge on any atom is 0.416 e. The number of nitrogen functional groups attached to an aromatic ring is 1. The van der Waals surface area contributed by atoms with Crippen molar-refractivity contribution in [3.8, 4) is 17.2 Å². The molecule has 0 fully saturated rings. The molecule has 4 aromatic carbocycles. The minimum absolute atomic E-state index is 0.0306. The third-order valence-electron chi connectivity index (χ3n) is 6.94. The van der Waals surface area contributed by atoms with Crippen molar-refractivity contribution in [3.05, 3.63) is 121 Å². The van der Waals surface area contributed by atoms with Crippen LogP contribution in [0.5, 0.6) is 17.2 Å². The van der Waals surface area contributed by atoms with Gasteiger partial charge in [-0.1, -0.05) is 57.2 Å². The molecule has 0 bridgehead atoms. The van der Waals surface area contributed by atoms with Gasteiger partial charge < -0.3 is 20.5 Å². The molecule has 0 unspecified atom stereocenters. The van der Waals surface area contributed by atoms with Crippen molar-refractivity contribution in [1.82, 2.24) is 4.98 Å². The standard InChI is InChI=1S/C33H26F3N3O4.C3H8.C2H4/c1-3-21(40)13-11-19-10-12-20(16-26(19)33(34,35)36)39-32(41)24-8-4-7-23-22(24)6-5-9-29(23)43-30-14-15-38-28-18-27(37)31(42-2)17-25(28)30;1-3-2;1-2/h3-10,12,14-18H,1,11,13,37H2,2H3,(H,39,41);3H2,1-2H3;1-2H2. The zero-order chi connectivity index (χ0) is 35.4. The molecular formula is C38H38F3N3O4. The van der Waals surface area contributed by atoms with Gasteiger partial charge in [-0.3, -0.25) is 14.6 Å². The Hall–Kier alpha value is -5.64. The lowest BCUT2D eigenvalue weighted by Crippen LogP contribution is -2.15. The average molecular weight is 658 g/mol. The van der Waals surface area contributed by atoms with E-state index in [0.717, 1.165) is 12.1 Å². The summed E-state index contributed by atoms with van der Waals surface area (Å²) in [5, 5.41) is 4.39. The van der Waals surface area contributed by atoms with Crippen molar-refractivity contribution in [2.24, 2.45) is 0 Å². The second-order valence-corrected chi connectivity index (χ2v) is 10.4. The number of allylic oxidation sites excluding steroid dienone is 1. The lowest BCUT2D eigenvalue weighted by Gasteiger charge is -2.16. The van der Waals surface area contributed by atoms with Gasteiger partial charge in [-0.05, 0) is 65.9 Å². The Bertz CT molecular complexity index is 1920. The molecule has 1 amide bonds. The summed E-state index contributed by atoms with van der Waals surface area (Å²) in [5.41, 5.74) is 6.31. The van der Waals surface area contributed by atoms with E-state index in [1.54, 1.807) is 60.8 Å². The molecule has 10 heteroatoms. The highest BCUT2D eigenvalue weighted by molar-refractivity contribution is 6.14. The summed E-state index contributed by atoms with van der Waals surface area (Å²) in [6.07, 6.45) is -0.963. The first kappa shape index (κ1) is 36.8. The fraction of sp³-hybridized carbons (Fsp3) is 0.184. The van der Waals surface area contributed by atoms with Gasteiger partial charge in [-0.2, -0.15) is 13.2 Å². The van der Waals surface area contributed by atoms with Crippen molar-refractivity contribution in [1.29, 1.82) is 0 Å². The molecule has 48 heavy (non-hydrogen) atoms. The number of methoxy groups -OCH3 is 1. The van der Waals surface area contributed by atoms with Gasteiger partial charge in [0.25, 0.3) is 5.91 Å². The van der Waals surface area contributed by atoms with Crippen molar-refractivity contribution < 1.29 is 32.2 Å². The number of aromatic nitrogens is 1. The Morgan fingerprint density at radius 2 is 1.58 bits per heavy atom. The second kappa shape index (κ2) is 16.8. The molecule has 0 spiro atoms. The number of amides is 1. The predicted molar refractivity (Wildman–Crippen MR) is 187 cm³/mol. The number of hydrogen-bond donors (Lipinski definition) is 2. The first-order valence-electron chi connectivity index (χ1n) is 15.1. The summed E-state index contributed by atoms with van der Waals surface area (Å²) in [6, 6.07) is 18.9. The molecule has 7 nitrogen and oxygen atoms in total. The number of pyridine rings is 1. The highest BCUT2D eigenvalue weighted by Gasteiger charge is 2.33. The van der Waals surface area contributed by atoms with Crippen LogP contribution in [0.15, 0.2) is 105 Å². The lowest BCUT2D eigenvalue weighted by atomic mass is 9.99. The number of halogens is 3. The van der Waals surface area contributed by atoms with Crippen LogP contribution in [-0.4, -0.2) is 23.8 Å². The summed E-state index contributed by atoms with van der Waals surface area (Å²) in [7, 11) is 1.51. The van der Waals surface area contributed by atoms with E-state index in [2.05, 4.69) is 43.9 Å². The van der Waals surface area contributed by atoms with E-state index >= 15 is 0 Å². The average Bonchev–Trinajstić information content (AvgIpc) is 3.08. The SMILES string of the molecule is C=C.C=CC(=O)CCc1ccc(NC(=O)c2cccc3c(Oc4ccnc5cc(N)c(OC)cc45)cccc23)cc1C(F)(F)F.CCC. The number of aryl methyl sites for hydroxylation is 1. The van der Waals surface area contributed by atoms with Gasteiger partial charge in [0.05, 0.1) is 23.9 Å². The largest absolute Gasteiger partial charge is 0.495 e. The number of nitrogens with two attached hydrogens (primary N) is 1. The smallest absolute Gasteiger partial charge is 0.416 e. The normalized spacial score (nSPS) is 10.6. The topological polar surface area (TPSA) is 104 Å². The van der Waals surface area contributed by atoms with Gasteiger partial charge in [0.15, 0.2) is 5.78 Å². The van der Waals surface area contributed by atoms with E-state index in [4.69, 9.17) is 15.2 Å². The Morgan fingerprint density at radius 3 is 2.25 bits per heavy atom. The van der Waals surface area contributed by atoms with Crippen LogP contribution < -0.4 is 20.5 Å². The molecule has 0 aliphatic rings.